The molecule has 6 rings (SSSR count). The summed E-state index contributed by atoms with van der Waals surface area (Å²) < 4.78 is 62.1. The number of halogens is 5. The number of amides is 2. The van der Waals surface area contributed by atoms with Crippen molar-refractivity contribution in [1.82, 2.24) is 30.9 Å². The molecule has 3 unspecified atom stereocenters. The van der Waals surface area contributed by atoms with Gasteiger partial charge >= 0.3 is 18.2 Å². The number of methoxy groups -OCH3 is 1. The van der Waals surface area contributed by atoms with Crippen LogP contribution in [0.5, 0.6) is 6.01 Å². The second kappa shape index (κ2) is 17.7. The van der Waals surface area contributed by atoms with Crippen molar-refractivity contribution in [3.05, 3.63) is 100 Å². The van der Waals surface area contributed by atoms with Gasteiger partial charge in [0.2, 0.25) is 11.9 Å². The fourth-order valence-corrected chi connectivity index (χ4v) is 6.28. The van der Waals surface area contributed by atoms with Crippen molar-refractivity contribution in [3.8, 4) is 6.01 Å². The topological polar surface area (TPSA) is 189 Å². The summed E-state index contributed by atoms with van der Waals surface area (Å²) in [5, 5.41) is 24.7. The first kappa shape index (κ1) is 41.1. The highest BCUT2D eigenvalue weighted by atomic mass is 35.5. The van der Waals surface area contributed by atoms with Crippen LogP contribution in [0.4, 0.5) is 35.1 Å². The lowest BCUT2D eigenvalue weighted by Gasteiger charge is -2.19. The van der Waals surface area contributed by atoms with Gasteiger partial charge in [0, 0.05) is 29.4 Å². The molecule has 3 aromatic carbocycles. The van der Waals surface area contributed by atoms with Gasteiger partial charge in [-0.2, -0.15) is 28.1 Å². The molecule has 1 aromatic heterocycles. The zero-order valence-corrected chi connectivity index (χ0v) is 31.2. The van der Waals surface area contributed by atoms with Crippen LogP contribution in [-0.4, -0.2) is 83.1 Å². The summed E-state index contributed by atoms with van der Waals surface area (Å²) in [6.07, 6.45) is -4.02. The number of carbonyl (C=O) groups excluding carboxylic acids is 3. The molecule has 2 fully saturated rings. The molecule has 19 heteroatoms. The first-order valence-corrected chi connectivity index (χ1v) is 18.3. The number of alkyl halides is 3. The van der Waals surface area contributed by atoms with Gasteiger partial charge in [0.25, 0.3) is 11.8 Å². The zero-order valence-electron chi connectivity index (χ0n) is 30.4. The van der Waals surface area contributed by atoms with Crippen molar-refractivity contribution in [2.45, 2.75) is 55.6 Å². The molecule has 14 nitrogen and oxygen atoms in total. The van der Waals surface area contributed by atoms with Crippen LogP contribution in [0.2, 0.25) is 5.02 Å². The average Bonchev–Trinajstić information content (AvgIpc) is 4.12. The minimum atomic E-state index is -4.64. The third kappa shape index (κ3) is 11.5. The monoisotopic (exact) mass is 814 g/mol. The Labute approximate surface area is 329 Å². The first-order valence-electron chi connectivity index (χ1n) is 17.9. The standard InChI is InChI=1S/C38H39ClF4N8O6/c1-56-33(55)29(13-16-44-31(53)32(54)45-19-23-18-28(23)22-3-2-4-26(40)17-22)47-30(52)21-5-11-27(12-6-21)46-34-48-35(50-36(49-34)57-20-38(41,42)43)51-37(14-15-37)24-7-9-25(39)10-8-24/h2-12,17,23,28-29,32,45,54H,13-16,18-20H2,1H3,(H,44,53)(H,47,52)(H2,46,48,49,50,51)/t23?,28?,29-,32?/m1/s1. The molecule has 0 aliphatic heterocycles. The molecule has 2 aliphatic rings. The van der Waals surface area contributed by atoms with Crippen LogP contribution >= 0.6 is 11.6 Å². The lowest BCUT2D eigenvalue weighted by atomic mass is 10.1. The van der Waals surface area contributed by atoms with Gasteiger partial charge in [-0.15, -0.1) is 0 Å². The molecule has 2 saturated carbocycles. The van der Waals surface area contributed by atoms with E-state index in [4.69, 9.17) is 21.1 Å². The Bertz CT molecular complexity index is 2060. The van der Waals surface area contributed by atoms with Crippen LogP contribution in [0.15, 0.2) is 72.8 Å². The molecule has 4 atom stereocenters. The van der Waals surface area contributed by atoms with E-state index in [1.807, 2.05) is 18.2 Å². The minimum absolute atomic E-state index is 0.0297. The molecule has 0 radical (unpaired) electrons. The van der Waals surface area contributed by atoms with E-state index in [1.165, 1.54) is 36.4 Å². The molecule has 2 aliphatic carbocycles. The van der Waals surface area contributed by atoms with E-state index in [9.17, 15) is 37.1 Å². The summed E-state index contributed by atoms with van der Waals surface area (Å²) in [7, 11) is 1.15. The van der Waals surface area contributed by atoms with Crippen molar-refractivity contribution in [1.29, 1.82) is 0 Å². The number of rotatable bonds is 18. The smallest absolute Gasteiger partial charge is 0.422 e. The lowest BCUT2D eigenvalue weighted by molar-refractivity contribution is -0.154. The highest BCUT2D eigenvalue weighted by molar-refractivity contribution is 6.30. The number of aromatic nitrogens is 3. The number of nitrogens with zero attached hydrogens (tertiary/aromatic N) is 3. The van der Waals surface area contributed by atoms with Crippen LogP contribution in [0.25, 0.3) is 0 Å². The largest absolute Gasteiger partial charge is 0.467 e. The average molecular weight is 815 g/mol. The van der Waals surface area contributed by atoms with Gasteiger partial charge in [0.05, 0.1) is 12.6 Å². The Kier molecular flexibility index (Phi) is 12.7. The van der Waals surface area contributed by atoms with Crippen LogP contribution in [0.3, 0.4) is 0 Å². The van der Waals surface area contributed by atoms with E-state index in [2.05, 4.69) is 41.5 Å². The van der Waals surface area contributed by atoms with Gasteiger partial charge in [-0.05, 0) is 97.2 Å². The van der Waals surface area contributed by atoms with Crippen LogP contribution in [0.1, 0.15) is 53.1 Å². The van der Waals surface area contributed by atoms with Crippen molar-refractivity contribution in [2.75, 3.05) is 37.4 Å². The zero-order chi connectivity index (χ0) is 40.7. The van der Waals surface area contributed by atoms with E-state index in [-0.39, 0.29) is 48.1 Å². The Balaban J connectivity index is 1.02. The molecule has 0 bridgehead atoms. The molecular formula is C38H39ClF4N8O6. The number of hydrogen-bond donors (Lipinski definition) is 6. The van der Waals surface area contributed by atoms with Crippen molar-refractivity contribution >= 4 is 47.0 Å². The number of esters is 1. The van der Waals surface area contributed by atoms with Crippen LogP contribution in [0, 0.1) is 11.7 Å². The third-order valence-electron chi connectivity index (χ3n) is 9.43. The molecule has 0 saturated heterocycles. The van der Waals surface area contributed by atoms with Crippen LogP contribution in [-0.2, 0) is 19.9 Å². The van der Waals surface area contributed by atoms with Gasteiger partial charge in [-0.25, -0.2) is 9.18 Å². The number of anilines is 3. The van der Waals surface area contributed by atoms with Crippen LogP contribution < -0.4 is 31.3 Å². The minimum Gasteiger partial charge on any atom is -0.467 e. The van der Waals surface area contributed by atoms with E-state index in [0.29, 0.717) is 30.1 Å². The first-order chi connectivity index (χ1) is 27.2. The number of aliphatic hydroxyl groups excluding tert-OH is 1. The Morgan fingerprint density at radius 3 is 2.39 bits per heavy atom. The van der Waals surface area contributed by atoms with Gasteiger partial charge in [-0.3, -0.25) is 14.9 Å². The molecule has 1 heterocycles. The normalized spacial score (nSPS) is 17.7. The second-order valence-corrected chi connectivity index (χ2v) is 14.1. The molecule has 302 valence electrons. The number of hydrogen-bond acceptors (Lipinski definition) is 12. The predicted octanol–water partition coefficient (Wildman–Crippen LogP) is 4.94. The van der Waals surface area contributed by atoms with Crippen molar-refractivity contribution in [2.24, 2.45) is 5.92 Å². The molecule has 6 N–H and O–H groups in total. The lowest BCUT2D eigenvalue weighted by Crippen LogP contribution is -2.47. The van der Waals surface area contributed by atoms with E-state index in [1.54, 1.807) is 18.2 Å². The summed E-state index contributed by atoms with van der Waals surface area (Å²) in [5.41, 5.74) is 1.69. The summed E-state index contributed by atoms with van der Waals surface area (Å²) in [6, 6.07) is 17.5. The highest BCUT2D eigenvalue weighted by Gasteiger charge is 2.45. The molecular weight excluding hydrogens is 776 g/mol. The summed E-state index contributed by atoms with van der Waals surface area (Å²) in [4.78, 5) is 50.4. The number of aliphatic hydroxyl groups is 1. The summed E-state index contributed by atoms with van der Waals surface area (Å²) in [6.45, 7) is -1.38. The maximum atomic E-state index is 13.5. The number of carbonyl (C=O) groups is 3. The van der Waals surface area contributed by atoms with Gasteiger partial charge < -0.3 is 35.8 Å². The van der Waals surface area contributed by atoms with Gasteiger partial charge in [0.1, 0.15) is 11.9 Å². The molecule has 0 spiro atoms. The maximum absolute atomic E-state index is 13.5. The van der Waals surface area contributed by atoms with Gasteiger partial charge in [0.15, 0.2) is 12.8 Å². The summed E-state index contributed by atoms with van der Waals surface area (Å²) >= 11 is 6.03. The SMILES string of the molecule is COC(=O)[C@@H](CCNC(=O)C(O)NCC1CC1c1cccc(F)c1)NC(=O)c1ccc(Nc2nc(NC3(c4ccc(Cl)cc4)CC3)nc(OCC(F)(F)F)n2)cc1. The summed E-state index contributed by atoms with van der Waals surface area (Å²) in [5.74, 6) is -2.36. The number of benzene rings is 3. The quantitative estimate of drug-likeness (QED) is 0.0452. The Hall–Kier alpha value is -5.59. The Morgan fingerprint density at radius 2 is 1.72 bits per heavy atom. The van der Waals surface area contributed by atoms with Gasteiger partial charge in [-0.1, -0.05) is 35.9 Å². The fourth-order valence-electron chi connectivity index (χ4n) is 6.15. The highest BCUT2D eigenvalue weighted by Crippen LogP contribution is 2.48. The predicted molar refractivity (Wildman–Crippen MR) is 199 cm³/mol. The molecule has 2 amide bonds. The number of ether oxygens (including phenoxy) is 2. The molecule has 4 aromatic rings. The number of nitrogens with one attached hydrogen (secondary N) is 5. The Morgan fingerprint density at radius 1 is 1.00 bits per heavy atom. The van der Waals surface area contributed by atoms with Crippen molar-refractivity contribution < 1.29 is 46.5 Å². The van der Waals surface area contributed by atoms with E-state index < -0.39 is 54.4 Å². The molecule has 57 heavy (non-hydrogen) atoms. The maximum Gasteiger partial charge on any atom is 0.422 e. The van der Waals surface area contributed by atoms with E-state index >= 15 is 0 Å². The van der Waals surface area contributed by atoms with E-state index in [0.717, 1.165) is 24.7 Å². The third-order valence-corrected chi connectivity index (χ3v) is 9.68. The fraction of sp³-hybridized carbons (Fsp3) is 0.368. The second-order valence-electron chi connectivity index (χ2n) is 13.7. The van der Waals surface area contributed by atoms with Crippen molar-refractivity contribution in [3.63, 3.8) is 0 Å².